The van der Waals surface area contributed by atoms with Crippen molar-refractivity contribution >= 4 is 22.6 Å². The lowest BCUT2D eigenvalue weighted by molar-refractivity contribution is 0.0699. The van der Waals surface area contributed by atoms with Gasteiger partial charge in [0.05, 0.1) is 5.56 Å². The van der Waals surface area contributed by atoms with Gasteiger partial charge in [0.25, 0.3) is 0 Å². The van der Waals surface area contributed by atoms with E-state index in [2.05, 4.69) is 10.3 Å². The highest BCUT2D eigenvalue weighted by Crippen LogP contribution is 2.23. The van der Waals surface area contributed by atoms with E-state index in [-0.39, 0.29) is 0 Å². The molecule has 4 heteroatoms. The van der Waals surface area contributed by atoms with E-state index in [1.165, 1.54) is 0 Å². The summed E-state index contributed by atoms with van der Waals surface area (Å²) in [5, 5.41) is 13.5. The van der Waals surface area contributed by atoms with Crippen LogP contribution in [0.2, 0.25) is 0 Å². The minimum absolute atomic E-state index is 0.298. The number of aromatic carboxylic acids is 1. The van der Waals surface area contributed by atoms with Gasteiger partial charge in [-0.05, 0) is 12.1 Å². The average Bonchev–Trinajstić information content (AvgIpc) is 2.27. The second-order valence-corrected chi connectivity index (χ2v) is 3.12. The first-order valence-corrected chi connectivity index (χ1v) is 4.53. The average molecular weight is 202 g/mol. The summed E-state index contributed by atoms with van der Waals surface area (Å²) in [6, 6.07) is 6.86. The maximum absolute atomic E-state index is 11.0. The Morgan fingerprint density at radius 1 is 1.33 bits per heavy atom. The third-order valence-corrected chi connectivity index (χ3v) is 2.27. The number of fused-ring (bicyclic) bond motifs is 1. The van der Waals surface area contributed by atoms with E-state index >= 15 is 0 Å². The van der Waals surface area contributed by atoms with Crippen LogP contribution >= 0.6 is 0 Å². The van der Waals surface area contributed by atoms with Crippen molar-refractivity contribution in [1.29, 1.82) is 0 Å². The molecule has 1 heterocycles. The minimum Gasteiger partial charge on any atom is -0.478 e. The van der Waals surface area contributed by atoms with Gasteiger partial charge in [0.1, 0.15) is 5.82 Å². The lowest BCUT2D eigenvalue weighted by atomic mass is 10.1. The van der Waals surface area contributed by atoms with E-state index in [0.717, 1.165) is 5.39 Å². The van der Waals surface area contributed by atoms with Crippen molar-refractivity contribution in [2.24, 2.45) is 0 Å². The Labute approximate surface area is 86.6 Å². The number of benzene rings is 1. The Hall–Kier alpha value is -2.10. The topological polar surface area (TPSA) is 62.2 Å². The summed E-state index contributed by atoms with van der Waals surface area (Å²) in [6.07, 6.45) is 1.60. The van der Waals surface area contributed by atoms with E-state index in [0.29, 0.717) is 16.8 Å². The highest BCUT2D eigenvalue weighted by Gasteiger charge is 2.09. The number of pyridine rings is 1. The number of hydrogen-bond donors (Lipinski definition) is 2. The van der Waals surface area contributed by atoms with E-state index < -0.39 is 5.97 Å². The third kappa shape index (κ3) is 1.50. The summed E-state index contributed by atoms with van der Waals surface area (Å²) in [5.74, 6) is -0.232. The highest BCUT2D eigenvalue weighted by atomic mass is 16.4. The maximum Gasteiger partial charge on any atom is 0.336 e. The zero-order valence-corrected chi connectivity index (χ0v) is 8.19. The van der Waals surface area contributed by atoms with Gasteiger partial charge >= 0.3 is 5.97 Å². The summed E-state index contributed by atoms with van der Waals surface area (Å²) < 4.78 is 0. The van der Waals surface area contributed by atoms with Crippen LogP contribution in [-0.2, 0) is 0 Å². The Balaban J connectivity index is 2.82. The fourth-order valence-corrected chi connectivity index (χ4v) is 1.59. The molecule has 1 aromatic heterocycles. The first-order valence-electron chi connectivity index (χ1n) is 4.53. The lowest BCUT2D eigenvalue weighted by Gasteiger charge is -2.06. The molecular weight excluding hydrogens is 192 g/mol. The predicted molar refractivity (Wildman–Crippen MR) is 58.2 cm³/mol. The van der Waals surface area contributed by atoms with Gasteiger partial charge < -0.3 is 10.4 Å². The molecule has 0 bridgehead atoms. The molecule has 0 spiro atoms. The van der Waals surface area contributed by atoms with Gasteiger partial charge in [-0.25, -0.2) is 9.78 Å². The molecule has 2 aromatic rings. The first kappa shape index (κ1) is 9.45. The van der Waals surface area contributed by atoms with Crippen molar-refractivity contribution < 1.29 is 9.90 Å². The number of nitrogens with one attached hydrogen (secondary N) is 1. The number of carboxylic acid groups (broad SMARTS) is 1. The molecule has 1 aromatic carbocycles. The summed E-state index contributed by atoms with van der Waals surface area (Å²) in [4.78, 5) is 15.1. The minimum atomic E-state index is -0.922. The molecule has 0 unspecified atom stereocenters. The van der Waals surface area contributed by atoms with Gasteiger partial charge in [-0.3, -0.25) is 0 Å². The van der Waals surface area contributed by atoms with E-state index in [1.807, 2.05) is 6.07 Å². The second kappa shape index (κ2) is 3.57. The Kier molecular flexibility index (Phi) is 2.25. The first-order chi connectivity index (χ1) is 7.24. The number of rotatable bonds is 2. The zero-order chi connectivity index (χ0) is 10.8. The van der Waals surface area contributed by atoms with Gasteiger partial charge in [0.2, 0.25) is 0 Å². The van der Waals surface area contributed by atoms with Crippen LogP contribution < -0.4 is 5.32 Å². The molecule has 15 heavy (non-hydrogen) atoms. The monoisotopic (exact) mass is 202 g/mol. The lowest BCUT2D eigenvalue weighted by Crippen LogP contribution is -1.99. The molecule has 0 aliphatic heterocycles. The Morgan fingerprint density at radius 3 is 2.80 bits per heavy atom. The van der Waals surface area contributed by atoms with Crippen LogP contribution in [0.4, 0.5) is 5.82 Å². The third-order valence-electron chi connectivity index (χ3n) is 2.27. The van der Waals surface area contributed by atoms with Gasteiger partial charge in [-0.1, -0.05) is 12.1 Å². The molecule has 2 N–H and O–H groups in total. The summed E-state index contributed by atoms with van der Waals surface area (Å²) in [7, 11) is 1.76. The molecular formula is C11H10N2O2. The van der Waals surface area contributed by atoms with Crippen molar-refractivity contribution in [3.8, 4) is 0 Å². The van der Waals surface area contributed by atoms with Crippen molar-refractivity contribution in [1.82, 2.24) is 4.98 Å². The Bertz CT molecular complexity index is 523. The molecule has 0 aliphatic carbocycles. The summed E-state index contributed by atoms with van der Waals surface area (Å²) in [5.41, 5.74) is 0.298. The highest BCUT2D eigenvalue weighted by molar-refractivity contribution is 6.06. The molecule has 76 valence electrons. The molecule has 0 atom stereocenters. The van der Waals surface area contributed by atoms with Gasteiger partial charge in [0, 0.05) is 24.0 Å². The van der Waals surface area contributed by atoms with Crippen molar-refractivity contribution in [3.63, 3.8) is 0 Å². The number of hydrogen-bond acceptors (Lipinski definition) is 3. The fraction of sp³-hybridized carbons (Fsp3) is 0.0909. The molecule has 0 saturated heterocycles. The molecule has 0 saturated carbocycles. The number of carbonyl (C=O) groups is 1. The standard InChI is InChI=1S/C11H10N2O2/c1-12-10-8-3-2-4-9(11(14)15)7(8)5-6-13-10/h2-6H,1H3,(H,12,13)(H,14,15). The molecule has 0 aliphatic rings. The second-order valence-electron chi connectivity index (χ2n) is 3.12. The molecule has 0 amide bonds. The van der Waals surface area contributed by atoms with Crippen LogP contribution in [-0.4, -0.2) is 23.1 Å². The molecule has 4 nitrogen and oxygen atoms in total. The van der Waals surface area contributed by atoms with E-state index in [1.54, 1.807) is 31.4 Å². The fourth-order valence-electron chi connectivity index (χ4n) is 1.59. The van der Waals surface area contributed by atoms with Crippen LogP contribution in [0.3, 0.4) is 0 Å². The van der Waals surface area contributed by atoms with Gasteiger partial charge in [-0.2, -0.15) is 0 Å². The molecule has 0 fully saturated rings. The quantitative estimate of drug-likeness (QED) is 0.781. The van der Waals surface area contributed by atoms with Crippen molar-refractivity contribution in [2.75, 3.05) is 12.4 Å². The van der Waals surface area contributed by atoms with Gasteiger partial charge in [-0.15, -0.1) is 0 Å². The van der Waals surface area contributed by atoms with Crippen molar-refractivity contribution in [3.05, 3.63) is 36.0 Å². The Morgan fingerprint density at radius 2 is 2.13 bits per heavy atom. The molecule has 2 rings (SSSR count). The van der Waals surface area contributed by atoms with Crippen molar-refractivity contribution in [2.45, 2.75) is 0 Å². The SMILES string of the molecule is CNc1nccc2c(C(=O)O)cccc12. The maximum atomic E-state index is 11.0. The number of carboxylic acids is 1. The number of anilines is 1. The van der Waals surface area contributed by atoms with Gasteiger partial charge in [0.15, 0.2) is 0 Å². The van der Waals surface area contributed by atoms with E-state index in [4.69, 9.17) is 5.11 Å². The number of nitrogens with zero attached hydrogens (tertiary/aromatic N) is 1. The largest absolute Gasteiger partial charge is 0.478 e. The van der Waals surface area contributed by atoms with Crippen LogP contribution in [0.5, 0.6) is 0 Å². The van der Waals surface area contributed by atoms with E-state index in [9.17, 15) is 4.79 Å². The smallest absolute Gasteiger partial charge is 0.336 e. The van der Waals surface area contributed by atoms with Crippen LogP contribution in [0, 0.1) is 0 Å². The van der Waals surface area contributed by atoms with Crippen LogP contribution in [0.15, 0.2) is 30.5 Å². The van der Waals surface area contributed by atoms with Crippen LogP contribution in [0.25, 0.3) is 10.8 Å². The van der Waals surface area contributed by atoms with Crippen LogP contribution in [0.1, 0.15) is 10.4 Å². The number of aromatic nitrogens is 1. The summed E-state index contributed by atoms with van der Waals surface area (Å²) >= 11 is 0. The normalized spacial score (nSPS) is 10.2. The molecule has 0 radical (unpaired) electrons. The summed E-state index contributed by atoms with van der Waals surface area (Å²) in [6.45, 7) is 0. The predicted octanol–water partition coefficient (Wildman–Crippen LogP) is 1.97. The zero-order valence-electron chi connectivity index (χ0n) is 8.19.